The van der Waals surface area contributed by atoms with Gasteiger partial charge in [0.25, 0.3) is 0 Å². The second-order valence-corrected chi connectivity index (χ2v) is 4.72. The third-order valence-corrected chi connectivity index (χ3v) is 3.15. The summed E-state index contributed by atoms with van der Waals surface area (Å²) in [5.41, 5.74) is 1.64. The molecule has 0 saturated carbocycles. The van der Waals surface area contributed by atoms with Gasteiger partial charge in [0, 0.05) is 13.5 Å². The summed E-state index contributed by atoms with van der Waals surface area (Å²) < 4.78 is 4.99. The van der Waals surface area contributed by atoms with Crippen LogP contribution in [0, 0.1) is 6.92 Å². The number of phenols is 1. The van der Waals surface area contributed by atoms with Crippen molar-refractivity contribution in [3.63, 3.8) is 0 Å². The molecule has 2 atom stereocenters. The molecule has 0 aliphatic carbocycles. The Balaban J connectivity index is 0.00000324. The molecule has 110 valence electrons. The highest BCUT2D eigenvalue weighted by Crippen LogP contribution is 2.22. The lowest BCUT2D eigenvalue weighted by molar-refractivity contribution is -0.694. The van der Waals surface area contributed by atoms with Crippen LogP contribution in [0.15, 0.2) is 18.2 Å². The number of quaternary nitrogens is 1. The van der Waals surface area contributed by atoms with E-state index in [0.717, 1.165) is 30.7 Å². The lowest BCUT2D eigenvalue weighted by atomic mass is 10.0. The van der Waals surface area contributed by atoms with E-state index in [1.165, 1.54) is 0 Å². The van der Waals surface area contributed by atoms with Crippen molar-refractivity contribution in [3.05, 3.63) is 29.3 Å². The normalized spacial score (nSPS) is 13.7. The summed E-state index contributed by atoms with van der Waals surface area (Å²) in [6, 6.07) is 5.32. The van der Waals surface area contributed by atoms with Crippen LogP contribution < -0.4 is 17.7 Å². The molecule has 0 bridgehead atoms. The first-order chi connectivity index (χ1) is 8.56. The largest absolute Gasteiger partial charge is 1.00 e. The maximum atomic E-state index is 10.2. The highest BCUT2D eigenvalue weighted by atomic mass is 35.5. The number of phenolic OH excluding ortho intramolecular Hbond substituents is 1. The summed E-state index contributed by atoms with van der Waals surface area (Å²) in [6.07, 6.45) is 0.453. The molecule has 0 radical (unpaired) electrons. The van der Waals surface area contributed by atoms with Crippen molar-refractivity contribution in [3.8, 4) is 5.75 Å². The molecule has 0 fully saturated rings. The summed E-state index contributed by atoms with van der Waals surface area (Å²) in [4.78, 5) is 0. The van der Waals surface area contributed by atoms with Gasteiger partial charge in [-0.3, -0.25) is 0 Å². The minimum atomic E-state index is -0.521. The highest BCUT2D eigenvalue weighted by molar-refractivity contribution is 5.36. The van der Waals surface area contributed by atoms with E-state index in [9.17, 15) is 10.2 Å². The molecule has 4 nitrogen and oxygen atoms in total. The van der Waals surface area contributed by atoms with Gasteiger partial charge in [0.05, 0.1) is 13.2 Å². The van der Waals surface area contributed by atoms with Gasteiger partial charge in [0.1, 0.15) is 17.9 Å². The summed E-state index contributed by atoms with van der Waals surface area (Å²) in [5.74, 6) is 0.266. The van der Waals surface area contributed by atoms with Crippen molar-refractivity contribution < 1.29 is 32.7 Å². The zero-order chi connectivity index (χ0) is 13.5. The quantitative estimate of drug-likeness (QED) is 0.496. The molecular weight excluding hydrogens is 266 g/mol. The minimum absolute atomic E-state index is 0. The zero-order valence-electron chi connectivity index (χ0n) is 11.8. The Labute approximate surface area is 121 Å². The molecule has 1 rings (SSSR count). The maximum absolute atomic E-state index is 10.2. The molecule has 0 aliphatic rings. The first kappa shape index (κ1) is 18.2. The molecule has 0 aromatic heterocycles. The zero-order valence-corrected chi connectivity index (χ0v) is 12.5. The van der Waals surface area contributed by atoms with Gasteiger partial charge < -0.3 is 32.7 Å². The van der Waals surface area contributed by atoms with Gasteiger partial charge in [-0.15, -0.1) is 0 Å². The number of aliphatic hydroxyl groups is 1. The second-order valence-electron chi connectivity index (χ2n) is 4.72. The van der Waals surface area contributed by atoms with Gasteiger partial charge in [-0.05, 0) is 37.1 Å². The van der Waals surface area contributed by atoms with E-state index in [0.29, 0.717) is 0 Å². The first-order valence-electron chi connectivity index (χ1n) is 6.36. The molecule has 1 aromatic rings. The van der Waals surface area contributed by atoms with E-state index in [-0.39, 0.29) is 24.2 Å². The van der Waals surface area contributed by atoms with Crippen molar-refractivity contribution in [2.24, 2.45) is 0 Å². The molecule has 4 N–H and O–H groups in total. The smallest absolute Gasteiger partial charge is 0.130 e. The fourth-order valence-corrected chi connectivity index (χ4v) is 1.90. The predicted octanol–water partition coefficient (Wildman–Crippen LogP) is -2.27. The third kappa shape index (κ3) is 5.78. The van der Waals surface area contributed by atoms with Crippen LogP contribution >= 0.6 is 0 Å². The maximum Gasteiger partial charge on any atom is 0.130 e. The van der Waals surface area contributed by atoms with E-state index < -0.39 is 6.10 Å². The van der Waals surface area contributed by atoms with E-state index >= 15 is 0 Å². The summed E-state index contributed by atoms with van der Waals surface area (Å²) in [7, 11) is 1.69. The molecule has 0 heterocycles. The monoisotopic (exact) mass is 289 g/mol. The molecule has 0 amide bonds. The molecule has 1 aromatic carbocycles. The fourth-order valence-electron chi connectivity index (χ4n) is 1.90. The number of aryl methyl sites for hydroxylation is 1. The van der Waals surface area contributed by atoms with Crippen LogP contribution in [-0.4, -0.2) is 36.5 Å². The lowest BCUT2D eigenvalue weighted by Crippen LogP contribution is -3.00. The van der Waals surface area contributed by atoms with Crippen molar-refractivity contribution >= 4 is 0 Å². The van der Waals surface area contributed by atoms with Crippen LogP contribution in [-0.2, 0) is 4.74 Å². The van der Waals surface area contributed by atoms with Gasteiger partial charge in [0.2, 0.25) is 0 Å². The van der Waals surface area contributed by atoms with Gasteiger partial charge in [0.15, 0.2) is 0 Å². The number of halogens is 1. The number of hydrogen-bond donors (Lipinski definition) is 3. The van der Waals surface area contributed by atoms with Crippen LogP contribution in [0.4, 0.5) is 0 Å². The molecule has 19 heavy (non-hydrogen) atoms. The first-order valence-corrected chi connectivity index (χ1v) is 6.36. The van der Waals surface area contributed by atoms with Crippen LogP contribution in [0.25, 0.3) is 0 Å². The van der Waals surface area contributed by atoms with Crippen molar-refractivity contribution in [1.82, 2.24) is 0 Å². The van der Waals surface area contributed by atoms with Crippen molar-refractivity contribution in [1.29, 1.82) is 0 Å². The molecule has 5 heteroatoms. The number of ether oxygens (including phenoxy) is 1. The molecule has 0 aliphatic heterocycles. The Hall–Kier alpha value is -0.810. The molecule has 0 spiro atoms. The molecule has 0 saturated heterocycles. The standard InChI is InChI=1S/C14H23NO3.ClH/c1-10-9-12(5-6-13(10)16)14(17)11(2)15-7-4-8-18-3;/h5-6,9,11,14-17H,4,7-8H2,1-3H3;1H. The minimum Gasteiger partial charge on any atom is -1.00 e. The fraction of sp³-hybridized carbons (Fsp3) is 0.571. The Morgan fingerprint density at radius 3 is 2.63 bits per heavy atom. The van der Waals surface area contributed by atoms with E-state index in [2.05, 4.69) is 5.32 Å². The van der Waals surface area contributed by atoms with E-state index in [1.807, 2.05) is 19.9 Å². The SMILES string of the molecule is COCCC[NH2+]C(C)C(O)c1ccc(O)c(C)c1.[Cl-]. The van der Waals surface area contributed by atoms with Gasteiger partial charge >= 0.3 is 0 Å². The number of rotatable bonds is 7. The number of aromatic hydroxyl groups is 1. The van der Waals surface area contributed by atoms with Crippen LogP contribution in [0.2, 0.25) is 0 Å². The van der Waals surface area contributed by atoms with Gasteiger partial charge in [-0.2, -0.15) is 0 Å². The van der Waals surface area contributed by atoms with Crippen molar-refractivity contribution in [2.75, 3.05) is 20.3 Å². The number of nitrogens with two attached hydrogens (primary N) is 1. The average molecular weight is 290 g/mol. The van der Waals surface area contributed by atoms with Crippen LogP contribution in [0.5, 0.6) is 5.75 Å². The number of hydrogen-bond acceptors (Lipinski definition) is 3. The Morgan fingerprint density at radius 2 is 2.05 bits per heavy atom. The molecular formula is C14H24ClNO3. The summed E-state index contributed by atoms with van der Waals surface area (Å²) in [5, 5.41) is 21.8. The van der Waals surface area contributed by atoms with Gasteiger partial charge in [-0.25, -0.2) is 0 Å². The van der Waals surface area contributed by atoms with E-state index in [4.69, 9.17) is 4.74 Å². The molecule has 2 unspecified atom stereocenters. The van der Waals surface area contributed by atoms with E-state index in [1.54, 1.807) is 19.2 Å². The van der Waals surface area contributed by atoms with Crippen molar-refractivity contribution in [2.45, 2.75) is 32.4 Å². The van der Waals surface area contributed by atoms with Crippen LogP contribution in [0.1, 0.15) is 30.6 Å². The topological polar surface area (TPSA) is 66.3 Å². The third-order valence-electron chi connectivity index (χ3n) is 3.15. The average Bonchev–Trinajstić information content (AvgIpc) is 2.37. The van der Waals surface area contributed by atoms with Gasteiger partial charge in [-0.1, -0.05) is 6.07 Å². The number of benzene rings is 1. The van der Waals surface area contributed by atoms with Crippen LogP contribution in [0.3, 0.4) is 0 Å². The Kier molecular flexibility index (Phi) is 8.76. The highest BCUT2D eigenvalue weighted by Gasteiger charge is 2.19. The Morgan fingerprint density at radius 1 is 1.37 bits per heavy atom. The summed E-state index contributed by atoms with van der Waals surface area (Å²) >= 11 is 0. The Bertz CT molecular complexity index is 374. The number of aliphatic hydroxyl groups excluding tert-OH is 1. The summed E-state index contributed by atoms with van der Waals surface area (Å²) in [6.45, 7) is 5.51. The predicted molar refractivity (Wildman–Crippen MR) is 70.6 cm³/mol. The second kappa shape index (κ2) is 9.15. The lowest BCUT2D eigenvalue weighted by Gasteiger charge is -2.18. The number of methoxy groups -OCH3 is 1.